The molecule has 5 heteroatoms. The monoisotopic (exact) mass is 335 g/mol. The summed E-state index contributed by atoms with van der Waals surface area (Å²) < 4.78 is 11.2. The SMILES string of the molecule is COC(=O)Nc1ccc(OCc2cccc(Br)c2)cc1. The quantitative estimate of drug-likeness (QED) is 0.910. The van der Waals surface area contributed by atoms with E-state index in [1.165, 1.54) is 7.11 Å². The Morgan fingerprint density at radius 3 is 2.60 bits per heavy atom. The number of methoxy groups -OCH3 is 1. The highest BCUT2D eigenvalue weighted by atomic mass is 79.9. The van der Waals surface area contributed by atoms with Gasteiger partial charge < -0.3 is 9.47 Å². The summed E-state index contributed by atoms with van der Waals surface area (Å²) in [5, 5.41) is 2.58. The van der Waals surface area contributed by atoms with Gasteiger partial charge in [-0.2, -0.15) is 0 Å². The lowest BCUT2D eigenvalue weighted by Gasteiger charge is -2.08. The second-order valence-electron chi connectivity index (χ2n) is 4.06. The Kier molecular flexibility index (Phi) is 5.01. The summed E-state index contributed by atoms with van der Waals surface area (Å²) in [6, 6.07) is 15.0. The van der Waals surface area contributed by atoms with E-state index in [0.29, 0.717) is 12.3 Å². The third-order valence-electron chi connectivity index (χ3n) is 2.58. The number of halogens is 1. The van der Waals surface area contributed by atoms with Crippen LogP contribution in [-0.2, 0) is 11.3 Å². The zero-order valence-corrected chi connectivity index (χ0v) is 12.5. The fourth-order valence-electron chi connectivity index (χ4n) is 1.60. The van der Waals surface area contributed by atoms with Crippen molar-refractivity contribution in [2.45, 2.75) is 6.61 Å². The van der Waals surface area contributed by atoms with Gasteiger partial charge in [-0.05, 0) is 42.0 Å². The van der Waals surface area contributed by atoms with Gasteiger partial charge in [-0.1, -0.05) is 28.1 Å². The van der Waals surface area contributed by atoms with Crippen LogP contribution in [0.3, 0.4) is 0 Å². The van der Waals surface area contributed by atoms with Crippen molar-refractivity contribution in [1.29, 1.82) is 0 Å². The smallest absolute Gasteiger partial charge is 0.411 e. The number of hydrogen-bond acceptors (Lipinski definition) is 3. The van der Waals surface area contributed by atoms with Crippen molar-refractivity contribution in [3.8, 4) is 5.75 Å². The summed E-state index contributed by atoms with van der Waals surface area (Å²) in [7, 11) is 1.32. The van der Waals surface area contributed by atoms with Gasteiger partial charge in [0.1, 0.15) is 12.4 Å². The number of nitrogens with one attached hydrogen (secondary N) is 1. The van der Waals surface area contributed by atoms with Crippen LogP contribution in [0.1, 0.15) is 5.56 Å². The van der Waals surface area contributed by atoms with E-state index < -0.39 is 6.09 Å². The van der Waals surface area contributed by atoms with Gasteiger partial charge in [0, 0.05) is 10.2 Å². The molecule has 0 saturated carbocycles. The molecule has 2 aromatic rings. The van der Waals surface area contributed by atoms with E-state index in [1.807, 2.05) is 24.3 Å². The molecule has 0 heterocycles. The number of carbonyl (C=O) groups excluding carboxylic acids is 1. The number of ether oxygens (including phenoxy) is 2. The van der Waals surface area contributed by atoms with E-state index in [1.54, 1.807) is 24.3 Å². The minimum Gasteiger partial charge on any atom is -0.489 e. The first-order valence-electron chi connectivity index (χ1n) is 5.99. The summed E-state index contributed by atoms with van der Waals surface area (Å²) in [6.07, 6.45) is -0.493. The van der Waals surface area contributed by atoms with Gasteiger partial charge >= 0.3 is 6.09 Å². The van der Waals surface area contributed by atoms with Gasteiger partial charge in [0.2, 0.25) is 0 Å². The molecule has 0 aliphatic carbocycles. The number of rotatable bonds is 4. The molecule has 4 nitrogen and oxygen atoms in total. The fraction of sp³-hybridized carbons (Fsp3) is 0.133. The van der Waals surface area contributed by atoms with Crippen molar-refractivity contribution >= 4 is 27.7 Å². The van der Waals surface area contributed by atoms with Crippen molar-refractivity contribution < 1.29 is 14.3 Å². The molecule has 0 aliphatic rings. The molecule has 0 bridgehead atoms. The van der Waals surface area contributed by atoms with Crippen molar-refractivity contribution in [1.82, 2.24) is 0 Å². The van der Waals surface area contributed by atoms with Gasteiger partial charge in [-0.15, -0.1) is 0 Å². The van der Waals surface area contributed by atoms with E-state index >= 15 is 0 Å². The highest BCUT2D eigenvalue weighted by Crippen LogP contribution is 2.18. The van der Waals surface area contributed by atoms with Crippen LogP contribution in [-0.4, -0.2) is 13.2 Å². The summed E-state index contributed by atoms with van der Waals surface area (Å²) >= 11 is 3.42. The average Bonchev–Trinajstić information content (AvgIpc) is 2.46. The van der Waals surface area contributed by atoms with E-state index in [-0.39, 0.29) is 0 Å². The Labute approximate surface area is 125 Å². The summed E-state index contributed by atoms with van der Waals surface area (Å²) in [5.41, 5.74) is 1.74. The minimum atomic E-state index is -0.493. The molecule has 1 N–H and O–H groups in total. The second-order valence-corrected chi connectivity index (χ2v) is 4.98. The molecule has 0 aromatic heterocycles. The predicted octanol–water partition coefficient (Wildman–Crippen LogP) is 4.21. The summed E-state index contributed by atoms with van der Waals surface area (Å²) in [5.74, 6) is 0.736. The second kappa shape index (κ2) is 6.96. The van der Waals surface area contributed by atoms with Crippen molar-refractivity contribution in [3.63, 3.8) is 0 Å². The third-order valence-corrected chi connectivity index (χ3v) is 3.07. The number of amides is 1. The van der Waals surface area contributed by atoms with Gasteiger partial charge in [0.25, 0.3) is 0 Å². The Balaban J connectivity index is 1.92. The maximum Gasteiger partial charge on any atom is 0.411 e. The predicted molar refractivity (Wildman–Crippen MR) is 80.9 cm³/mol. The van der Waals surface area contributed by atoms with Gasteiger partial charge in [-0.3, -0.25) is 5.32 Å². The number of benzene rings is 2. The van der Waals surface area contributed by atoms with Crippen LogP contribution >= 0.6 is 15.9 Å². The number of carbonyl (C=O) groups is 1. The number of hydrogen-bond donors (Lipinski definition) is 1. The molecule has 0 fully saturated rings. The van der Waals surface area contributed by atoms with Gasteiger partial charge in [0.05, 0.1) is 7.11 Å². The first-order chi connectivity index (χ1) is 9.67. The largest absolute Gasteiger partial charge is 0.489 e. The normalized spacial score (nSPS) is 9.90. The van der Waals surface area contributed by atoms with Crippen LogP contribution in [0.5, 0.6) is 5.75 Å². The summed E-state index contributed by atoms with van der Waals surface area (Å²) in [6.45, 7) is 0.489. The molecule has 104 valence electrons. The minimum absolute atomic E-state index is 0.489. The lowest BCUT2D eigenvalue weighted by Crippen LogP contribution is -2.10. The van der Waals surface area contributed by atoms with Crippen molar-refractivity contribution in [2.24, 2.45) is 0 Å². The average molecular weight is 336 g/mol. The third kappa shape index (κ3) is 4.28. The lowest BCUT2D eigenvalue weighted by molar-refractivity contribution is 0.187. The van der Waals surface area contributed by atoms with E-state index in [0.717, 1.165) is 15.8 Å². The Bertz CT molecular complexity index is 584. The fourth-order valence-corrected chi connectivity index (χ4v) is 2.04. The molecule has 2 aromatic carbocycles. The van der Waals surface area contributed by atoms with Crippen LogP contribution < -0.4 is 10.1 Å². The Morgan fingerprint density at radius 2 is 1.95 bits per heavy atom. The lowest BCUT2D eigenvalue weighted by atomic mass is 10.2. The molecule has 1 amide bonds. The van der Waals surface area contributed by atoms with Gasteiger partial charge in [0.15, 0.2) is 0 Å². The Hall–Kier alpha value is -2.01. The van der Waals surface area contributed by atoms with Crippen LogP contribution in [0.4, 0.5) is 10.5 Å². The molecular formula is C15H14BrNO3. The molecular weight excluding hydrogens is 322 g/mol. The standard InChI is InChI=1S/C15H14BrNO3/c1-19-15(18)17-13-5-7-14(8-6-13)20-10-11-3-2-4-12(16)9-11/h2-9H,10H2,1H3,(H,17,18). The highest BCUT2D eigenvalue weighted by Gasteiger charge is 2.01. The molecule has 0 saturated heterocycles. The molecule has 0 radical (unpaired) electrons. The molecule has 0 atom stereocenters. The van der Waals surface area contributed by atoms with Gasteiger partial charge in [-0.25, -0.2) is 4.79 Å². The van der Waals surface area contributed by atoms with Crippen molar-refractivity contribution in [3.05, 3.63) is 58.6 Å². The van der Waals surface area contributed by atoms with E-state index in [9.17, 15) is 4.79 Å². The highest BCUT2D eigenvalue weighted by molar-refractivity contribution is 9.10. The molecule has 0 spiro atoms. The maximum absolute atomic E-state index is 11.0. The molecule has 0 unspecified atom stereocenters. The zero-order valence-electron chi connectivity index (χ0n) is 10.9. The summed E-state index contributed by atoms with van der Waals surface area (Å²) in [4.78, 5) is 11.0. The van der Waals surface area contributed by atoms with Crippen LogP contribution in [0.25, 0.3) is 0 Å². The molecule has 0 aliphatic heterocycles. The van der Waals surface area contributed by atoms with E-state index in [2.05, 4.69) is 26.0 Å². The first-order valence-corrected chi connectivity index (χ1v) is 6.79. The number of anilines is 1. The van der Waals surface area contributed by atoms with E-state index in [4.69, 9.17) is 4.74 Å². The topological polar surface area (TPSA) is 47.6 Å². The molecule has 20 heavy (non-hydrogen) atoms. The van der Waals surface area contributed by atoms with Crippen molar-refractivity contribution in [2.75, 3.05) is 12.4 Å². The van der Waals surface area contributed by atoms with Crippen LogP contribution in [0.2, 0.25) is 0 Å². The van der Waals surface area contributed by atoms with Crippen LogP contribution in [0.15, 0.2) is 53.0 Å². The zero-order chi connectivity index (χ0) is 14.4. The maximum atomic E-state index is 11.0. The first kappa shape index (κ1) is 14.4. The molecule has 2 rings (SSSR count). The Morgan fingerprint density at radius 1 is 1.20 bits per heavy atom. The van der Waals surface area contributed by atoms with Crippen LogP contribution in [0, 0.1) is 0 Å².